The van der Waals surface area contributed by atoms with Crippen LogP contribution in [-0.2, 0) is 9.59 Å². The van der Waals surface area contributed by atoms with E-state index in [0.717, 1.165) is 22.2 Å². The maximum Gasteiger partial charge on any atom is 0.273 e. The number of methoxy groups -OCH3 is 1. The molecule has 0 bridgehead atoms. The van der Waals surface area contributed by atoms with Crippen molar-refractivity contribution in [1.82, 2.24) is 10.0 Å². The monoisotopic (exact) mass is 477 g/mol. The lowest BCUT2D eigenvalue weighted by Gasteiger charge is -2.30. The number of nitro benzene ring substituents is 1. The molecule has 0 aromatic heterocycles. The minimum absolute atomic E-state index is 0.00399. The van der Waals surface area contributed by atoms with Gasteiger partial charge in [-0.1, -0.05) is 31.2 Å². The number of fused-ring (bicyclic) bond motifs is 1. The van der Waals surface area contributed by atoms with Crippen molar-refractivity contribution in [1.29, 1.82) is 0 Å². The van der Waals surface area contributed by atoms with Crippen LogP contribution in [-0.4, -0.2) is 52.1 Å². The van der Waals surface area contributed by atoms with E-state index in [2.05, 4.69) is 0 Å². The number of benzene rings is 2. The third kappa shape index (κ3) is 4.42. The fourth-order valence-corrected chi connectivity index (χ4v) is 4.50. The summed E-state index contributed by atoms with van der Waals surface area (Å²) in [6.45, 7) is 1.24. The molecule has 3 atom stereocenters. The minimum atomic E-state index is -0.794. The topological polar surface area (TPSA) is 127 Å². The van der Waals surface area contributed by atoms with Gasteiger partial charge in [-0.3, -0.25) is 29.3 Å². The Morgan fingerprint density at radius 1 is 1.11 bits per heavy atom. The van der Waals surface area contributed by atoms with Crippen molar-refractivity contribution in [3.63, 3.8) is 0 Å². The third-order valence-electron chi connectivity index (χ3n) is 6.34. The zero-order chi connectivity index (χ0) is 25.3. The van der Waals surface area contributed by atoms with E-state index < -0.39 is 46.8 Å². The number of hydrogen-bond donors (Lipinski definition) is 0. The molecule has 180 valence electrons. The van der Waals surface area contributed by atoms with Gasteiger partial charge in [-0.05, 0) is 36.6 Å². The summed E-state index contributed by atoms with van der Waals surface area (Å²) in [5, 5.41) is 12.6. The first kappa shape index (κ1) is 23.8. The highest BCUT2D eigenvalue weighted by Crippen LogP contribution is 2.39. The number of ketones is 1. The van der Waals surface area contributed by atoms with Crippen molar-refractivity contribution >= 4 is 29.2 Å². The lowest BCUT2D eigenvalue weighted by molar-refractivity contribution is -0.384. The van der Waals surface area contributed by atoms with E-state index in [4.69, 9.17) is 4.74 Å². The number of hydrazine groups is 1. The fraction of sp³-hybridized carbons (Fsp3) is 0.280. The van der Waals surface area contributed by atoms with E-state index in [9.17, 15) is 29.3 Å². The minimum Gasteiger partial charge on any atom is -0.497 e. The molecular weight excluding hydrogens is 454 g/mol. The highest BCUT2D eigenvalue weighted by molar-refractivity contribution is 6.10. The molecule has 1 aliphatic heterocycles. The van der Waals surface area contributed by atoms with Crippen molar-refractivity contribution < 1.29 is 28.8 Å². The van der Waals surface area contributed by atoms with Crippen LogP contribution in [0.25, 0.3) is 0 Å². The third-order valence-corrected chi connectivity index (χ3v) is 6.34. The van der Waals surface area contributed by atoms with Gasteiger partial charge in [-0.2, -0.15) is 5.01 Å². The molecule has 35 heavy (non-hydrogen) atoms. The normalized spacial score (nSPS) is 21.0. The second-order valence-corrected chi connectivity index (χ2v) is 8.47. The van der Waals surface area contributed by atoms with Gasteiger partial charge in [0.2, 0.25) is 0 Å². The van der Waals surface area contributed by atoms with Crippen LogP contribution in [0.5, 0.6) is 5.75 Å². The number of nitrogens with zero attached hydrogens (tertiary/aromatic N) is 3. The number of non-ortho nitro benzene ring substituents is 1. The number of carbonyl (C=O) groups excluding carboxylic acids is 4. The molecule has 1 fully saturated rings. The molecule has 10 heteroatoms. The highest BCUT2D eigenvalue weighted by atomic mass is 16.6. The van der Waals surface area contributed by atoms with Crippen molar-refractivity contribution in [2.75, 3.05) is 13.7 Å². The maximum absolute atomic E-state index is 13.5. The van der Waals surface area contributed by atoms with E-state index in [-0.39, 0.29) is 22.7 Å². The summed E-state index contributed by atoms with van der Waals surface area (Å²) in [4.78, 5) is 63.7. The molecular formula is C25H23N3O7. The van der Waals surface area contributed by atoms with Crippen molar-refractivity contribution in [3.05, 3.63) is 81.9 Å². The van der Waals surface area contributed by atoms with E-state index in [0.29, 0.717) is 12.2 Å². The number of rotatable bonds is 7. The van der Waals surface area contributed by atoms with Crippen LogP contribution >= 0.6 is 0 Å². The largest absolute Gasteiger partial charge is 0.497 e. The molecule has 1 saturated heterocycles. The van der Waals surface area contributed by atoms with Crippen LogP contribution in [0.1, 0.15) is 34.1 Å². The predicted molar refractivity (Wildman–Crippen MR) is 123 cm³/mol. The molecule has 0 radical (unpaired) electrons. The fourth-order valence-electron chi connectivity index (χ4n) is 4.50. The first-order valence-corrected chi connectivity index (χ1v) is 11.0. The van der Waals surface area contributed by atoms with E-state index >= 15 is 0 Å². The Balaban J connectivity index is 1.71. The average Bonchev–Trinajstić information content (AvgIpc) is 3.12. The predicted octanol–water partition coefficient (Wildman–Crippen LogP) is 3.04. The summed E-state index contributed by atoms with van der Waals surface area (Å²) in [7, 11) is 1.45. The van der Waals surface area contributed by atoms with Crippen LogP contribution < -0.4 is 4.74 Å². The van der Waals surface area contributed by atoms with Gasteiger partial charge in [0.15, 0.2) is 5.78 Å². The summed E-state index contributed by atoms with van der Waals surface area (Å²) in [5.41, 5.74) is 0.00730. The molecule has 0 spiro atoms. The highest BCUT2D eigenvalue weighted by Gasteiger charge is 2.53. The zero-order valence-electron chi connectivity index (χ0n) is 19.1. The van der Waals surface area contributed by atoms with Crippen LogP contribution in [0.3, 0.4) is 0 Å². The number of Topliss-reactive ketones (excluding diaryl/α,β-unsaturated/α-hetero) is 1. The smallest absolute Gasteiger partial charge is 0.273 e. The van der Waals surface area contributed by atoms with Crippen LogP contribution in [0.2, 0.25) is 0 Å². The summed E-state index contributed by atoms with van der Waals surface area (Å²) < 4.78 is 5.15. The van der Waals surface area contributed by atoms with Gasteiger partial charge in [0.25, 0.3) is 23.4 Å². The molecule has 1 aliphatic carbocycles. The van der Waals surface area contributed by atoms with Gasteiger partial charge in [0.1, 0.15) is 12.3 Å². The molecule has 0 N–H and O–H groups in total. The molecule has 0 unspecified atom stereocenters. The zero-order valence-corrected chi connectivity index (χ0v) is 19.1. The Morgan fingerprint density at radius 2 is 1.83 bits per heavy atom. The summed E-state index contributed by atoms with van der Waals surface area (Å²) in [6.07, 6.45) is 4.06. The SMILES string of the molecule is COc1cccc(C(=O)CN(C(=O)c2ccc([N+](=O)[O-])cc2)N2C(=O)[C@H]3[C@@H](C)C=CC[C@H]3C2=O)c1. The molecule has 1 heterocycles. The molecule has 10 nitrogen and oxygen atoms in total. The Labute approximate surface area is 200 Å². The summed E-state index contributed by atoms with van der Waals surface area (Å²) in [6, 6.07) is 11.1. The standard InChI is InChI=1S/C25H23N3O7/c1-15-5-3-8-20-22(15)25(32)27(24(20)31)26(14-21(29)17-6-4-7-19(13-17)35-2)23(30)16-9-11-18(12-10-16)28(33)34/h3-7,9-13,15,20,22H,8,14H2,1-2H3/t15-,20+,22-/m0/s1. The van der Waals surface area contributed by atoms with Gasteiger partial charge >= 0.3 is 0 Å². The number of carbonyl (C=O) groups is 4. The second kappa shape index (κ2) is 9.49. The van der Waals surface area contributed by atoms with E-state index in [1.165, 1.54) is 25.3 Å². The van der Waals surface area contributed by atoms with Gasteiger partial charge in [-0.15, -0.1) is 0 Å². The molecule has 0 saturated carbocycles. The molecule has 3 amide bonds. The number of hydrogen-bond acceptors (Lipinski definition) is 7. The number of imide groups is 1. The van der Waals surface area contributed by atoms with Crippen LogP contribution in [0, 0.1) is 27.9 Å². The van der Waals surface area contributed by atoms with Gasteiger partial charge in [0, 0.05) is 23.3 Å². The Kier molecular flexibility index (Phi) is 6.46. The lowest BCUT2D eigenvalue weighted by atomic mass is 9.78. The second-order valence-electron chi connectivity index (χ2n) is 8.47. The Hall–Kier alpha value is -4.34. The van der Waals surface area contributed by atoms with E-state index in [1.807, 2.05) is 19.1 Å². The van der Waals surface area contributed by atoms with Crippen LogP contribution in [0.15, 0.2) is 60.7 Å². The maximum atomic E-state index is 13.5. The quantitative estimate of drug-likeness (QED) is 0.197. The number of amides is 3. The first-order chi connectivity index (χ1) is 16.7. The summed E-state index contributed by atoms with van der Waals surface area (Å²) in [5.74, 6) is -3.44. The van der Waals surface area contributed by atoms with Crippen molar-refractivity contribution in [3.8, 4) is 5.75 Å². The number of nitro groups is 1. The van der Waals surface area contributed by atoms with Crippen molar-refractivity contribution in [2.24, 2.45) is 17.8 Å². The molecule has 4 rings (SSSR count). The number of allylic oxidation sites excluding steroid dienone is 2. The Bertz CT molecular complexity index is 1240. The Morgan fingerprint density at radius 3 is 2.46 bits per heavy atom. The number of ether oxygens (including phenoxy) is 1. The van der Waals surface area contributed by atoms with Gasteiger partial charge in [-0.25, -0.2) is 5.01 Å². The lowest BCUT2D eigenvalue weighted by Crippen LogP contribution is -2.52. The molecule has 2 aromatic rings. The van der Waals surface area contributed by atoms with Gasteiger partial charge in [0.05, 0.1) is 23.9 Å². The molecule has 2 aromatic carbocycles. The average molecular weight is 477 g/mol. The van der Waals surface area contributed by atoms with Gasteiger partial charge < -0.3 is 4.74 Å². The summed E-state index contributed by atoms with van der Waals surface area (Å²) >= 11 is 0. The van der Waals surface area contributed by atoms with E-state index in [1.54, 1.807) is 18.2 Å². The van der Waals surface area contributed by atoms with Crippen molar-refractivity contribution in [2.45, 2.75) is 13.3 Å². The molecule has 2 aliphatic rings. The first-order valence-electron chi connectivity index (χ1n) is 11.0. The van der Waals surface area contributed by atoms with Crippen LogP contribution in [0.4, 0.5) is 5.69 Å².